The minimum atomic E-state index is -1.38. The van der Waals surface area contributed by atoms with E-state index in [0.717, 1.165) is 5.57 Å². The molecule has 5 nitrogen and oxygen atoms in total. The van der Waals surface area contributed by atoms with E-state index in [4.69, 9.17) is 9.47 Å². The summed E-state index contributed by atoms with van der Waals surface area (Å²) >= 11 is 0. The zero-order chi connectivity index (χ0) is 15.6. The molecule has 0 saturated heterocycles. The van der Waals surface area contributed by atoms with Crippen LogP contribution in [-0.2, 0) is 14.3 Å². The number of hydrogen-bond acceptors (Lipinski definition) is 5. The molecule has 2 N–H and O–H groups in total. The number of carbonyl (C=O) groups is 1. The van der Waals surface area contributed by atoms with Gasteiger partial charge in [-0.05, 0) is 43.1 Å². The third kappa shape index (κ3) is 1.65. The summed E-state index contributed by atoms with van der Waals surface area (Å²) in [4.78, 5) is 11.9. The number of carbonyl (C=O) groups excluding carboxylic acids is 1. The smallest absolute Gasteiger partial charge is 0.337 e. The predicted octanol–water partition coefficient (Wildman–Crippen LogP) is 1.22. The van der Waals surface area contributed by atoms with E-state index < -0.39 is 23.5 Å². The number of ether oxygens (including phenoxy) is 2. The molecule has 4 atom stereocenters. The molecular weight excluding hydrogens is 272 g/mol. The Morgan fingerprint density at radius 2 is 2.10 bits per heavy atom. The van der Waals surface area contributed by atoms with Gasteiger partial charge in [-0.1, -0.05) is 6.92 Å². The Labute approximate surface area is 123 Å². The Bertz CT molecular complexity index is 614. The first-order chi connectivity index (χ1) is 9.76. The van der Waals surface area contributed by atoms with Crippen molar-refractivity contribution in [3.63, 3.8) is 0 Å². The number of aliphatic hydroxyl groups excluding tert-OH is 1. The van der Waals surface area contributed by atoms with Gasteiger partial charge in [-0.2, -0.15) is 0 Å². The topological polar surface area (TPSA) is 76.0 Å². The van der Waals surface area contributed by atoms with Crippen molar-refractivity contribution in [2.75, 3.05) is 7.11 Å². The molecule has 0 aromatic carbocycles. The maximum absolute atomic E-state index is 11.9. The van der Waals surface area contributed by atoms with Gasteiger partial charge in [-0.25, -0.2) is 4.79 Å². The van der Waals surface area contributed by atoms with Crippen LogP contribution in [0.3, 0.4) is 0 Å². The van der Waals surface area contributed by atoms with E-state index in [0.29, 0.717) is 16.7 Å². The van der Waals surface area contributed by atoms with E-state index in [-0.39, 0.29) is 12.3 Å². The van der Waals surface area contributed by atoms with Gasteiger partial charge >= 0.3 is 5.97 Å². The molecule has 3 aliphatic rings. The number of methoxy groups -OCH3 is 1. The Hall–Kier alpha value is -1.43. The van der Waals surface area contributed by atoms with Crippen LogP contribution in [0.2, 0.25) is 0 Å². The van der Waals surface area contributed by atoms with Crippen molar-refractivity contribution in [2.45, 2.75) is 44.7 Å². The summed E-state index contributed by atoms with van der Waals surface area (Å²) in [6.45, 7) is 5.36. The molecule has 0 aromatic heterocycles. The Morgan fingerprint density at radius 1 is 1.43 bits per heavy atom. The zero-order valence-corrected chi connectivity index (χ0v) is 12.6. The second kappa shape index (κ2) is 4.29. The van der Waals surface area contributed by atoms with Crippen LogP contribution in [0.15, 0.2) is 34.4 Å². The molecule has 0 amide bonds. The summed E-state index contributed by atoms with van der Waals surface area (Å²) in [7, 11) is 1.49. The number of aliphatic hydroxyl groups is 2. The monoisotopic (exact) mass is 292 g/mol. The molecule has 1 aliphatic heterocycles. The highest BCUT2D eigenvalue weighted by atomic mass is 16.7. The summed E-state index contributed by atoms with van der Waals surface area (Å²) in [5.74, 6) is -1.92. The van der Waals surface area contributed by atoms with Crippen molar-refractivity contribution in [1.29, 1.82) is 0 Å². The van der Waals surface area contributed by atoms with Crippen LogP contribution in [0.4, 0.5) is 0 Å². The van der Waals surface area contributed by atoms with Crippen molar-refractivity contribution in [2.24, 2.45) is 5.92 Å². The van der Waals surface area contributed by atoms with Crippen molar-refractivity contribution in [1.82, 2.24) is 0 Å². The first-order valence-corrected chi connectivity index (χ1v) is 7.07. The lowest BCUT2D eigenvalue weighted by Gasteiger charge is -2.36. The average molecular weight is 292 g/mol. The maximum atomic E-state index is 11.9. The number of hydrogen-bond donors (Lipinski definition) is 2. The van der Waals surface area contributed by atoms with Gasteiger partial charge < -0.3 is 19.7 Å². The number of fused-ring (bicyclic) bond motifs is 2. The summed E-state index contributed by atoms with van der Waals surface area (Å²) in [5.41, 5.74) is 1.18. The van der Waals surface area contributed by atoms with E-state index in [2.05, 4.69) is 0 Å². The van der Waals surface area contributed by atoms with E-state index in [9.17, 15) is 15.0 Å². The lowest BCUT2D eigenvalue weighted by molar-refractivity contribution is -0.202. The Balaban J connectivity index is 2.25. The van der Waals surface area contributed by atoms with Crippen molar-refractivity contribution < 1.29 is 24.5 Å². The van der Waals surface area contributed by atoms with Crippen LogP contribution in [0.5, 0.6) is 0 Å². The molecule has 4 unspecified atom stereocenters. The van der Waals surface area contributed by atoms with Gasteiger partial charge in [0.2, 0.25) is 5.79 Å². The number of rotatable bonds is 1. The Morgan fingerprint density at radius 3 is 2.71 bits per heavy atom. The maximum Gasteiger partial charge on any atom is 0.337 e. The lowest BCUT2D eigenvalue weighted by Crippen LogP contribution is -2.48. The molecule has 21 heavy (non-hydrogen) atoms. The van der Waals surface area contributed by atoms with Crippen LogP contribution in [0.25, 0.3) is 0 Å². The minimum absolute atomic E-state index is 0.288. The number of esters is 1. The third-order valence-corrected chi connectivity index (χ3v) is 5.04. The highest BCUT2D eigenvalue weighted by molar-refractivity contribution is 5.93. The fourth-order valence-corrected chi connectivity index (χ4v) is 3.70. The SMILES string of the molecule is COC12CC(C)C3(O)C(=CC1=C(C)C(=O)O2)C(C)=CC3O. The standard InChI is InChI=1S/C16H20O5/c1-8-5-13(17)16(19)9(2)7-15(20-4)12(6-11(8)16)10(3)14(18)21-15/h5-6,9,13,17,19H,7H2,1-4H3. The summed E-state index contributed by atoms with van der Waals surface area (Å²) in [5, 5.41) is 21.3. The molecule has 5 heteroatoms. The van der Waals surface area contributed by atoms with Gasteiger partial charge in [0.25, 0.3) is 0 Å². The molecule has 0 radical (unpaired) electrons. The highest BCUT2D eigenvalue weighted by Gasteiger charge is 2.57. The lowest BCUT2D eigenvalue weighted by atomic mass is 9.79. The van der Waals surface area contributed by atoms with Gasteiger partial charge in [-0.15, -0.1) is 0 Å². The fraction of sp³-hybridized carbons (Fsp3) is 0.562. The normalized spacial score (nSPS) is 42.1. The third-order valence-electron chi connectivity index (χ3n) is 5.04. The van der Waals surface area contributed by atoms with Crippen molar-refractivity contribution >= 4 is 5.97 Å². The van der Waals surface area contributed by atoms with Gasteiger partial charge in [-0.3, -0.25) is 0 Å². The minimum Gasteiger partial charge on any atom is -0.425 e. The first kappa shape index (κ1) is 14.5. The molecular formula is C16H20O5. The van der Waals surface area contributed by atoms with E-state index >= 15 is 0 Å². The fourth-order valence-electron chi connectivity index (χ4n) is 3.70. The molecule has 0 aromatic rings. The van der Waals surface area contributed by atoms with Crippen molar-refractivity contribution in [3.05, 3.63) is 34.4 Å². The average Bonchev–Trinajstić information content (AvgIpc) is 2.74. The van der Waals surface area contributed by atoms with Crippen LogP contribution in [0.1, 0.15) is 27.2 Å². The van der Waals surface area contributed by atoms with Gasteiger partial charge in [0.15, 0.2) is 0 Å². The van der Waals surface area contributed by atoms with Gasteiger partial charge in [0.05, 0.1) is 0 Å². The molecule has 0 bridgehead atoms. The zero-order valence-electron chi connectivity index (χ0n) is 12.6. The van der Waals surface area contributed by atoms with Crippen LogP contribution in [-0.4, -0.2) is 40.8 Å². The molecule has 1 heterocycles. The summed E-state index contributed by atoms with van der Waals surface area (Å²) in [6.07, 6.45) is 2.71. The largest absolute Gasteiger partial charge is 0.425 e. The predicted molar refractivity (Wildman–Crippen MR) is 75.1 cm³/mol. The van der Waals surface area contributed by atoms with Crippen LogP contribution in [0, 0.1) is 5.92 Å². The molecule has 3 rings (SSSR count). The van der Waals surface area contributed by atoms with E-state index in [1.807, 2.05) is 13.8 Å². The second-order valence-electron chi connectivity index (χ2n) is 6.17. The molecule has 0 fully saturated rings. The Kier molecular flexibility index (Phi) is 2.96. The van der Waals surface area contributed by atoms with Gasteiger partial charge in [0, 0.05) is 24.7 Å². The summed E-state index contributed by atoms with van der Waals surface area (Å²) in [6, 6.07) is 0. The molecule has 0 saturated carbocycles. The van der Waals surface area contributed by atoms with Gasteiger partial charge in [0.1, 0.15) is 11.7 Å². The quantitative estimate of drug-likeness (QED) is 0.711. The van der Waals surface area contributed by atoms with E-state index in [1.54, 1.807) is 19.1 Å². The summed E-state index contributed by atoms with van der Waals surface area (Å²) < 4.78 is 11.0. The second-order valence-corrected chi connectivity index (χ2v) is 6.17. The molecule has 2 aliphatic carbocycles. The molecule has 0 spiro atoms. The van der Waals surface area contributed by atoms with Crippen LogP contribution < -0.4 is 0 Å². The van der Waals surface area contributed by atoms with E-state index in [1.165, 1.54) is 7.11 Å². The highest BCUT2D eigenvalue weighted by Crippen LogP contribution is 2.51. The first-order valence-electron chi connectivity index (χ1n) is 7.07. The van der Waals surface area contributed by atoms with Crippen LogP contribution >= 0.6 is 0 Å². The molecule has 114 valence electrons. The van der Waals surface area contributed by atoms with Crippen molar-refractivity contribution in [3.8, 4) is 0 Å².